The summed E-state index contributed by atoms with van der Waals surface area (Å²) in [5, 5.41) is 12.8. The first-order chi connectivity index (χ1) is 10.5. The molecule has 0 aromatic rings. The smallest absolute Gasteiger partial charge is 0.220 e. The van der Waals surface area contributed by atoms with E-state index < -0.39 is 0 Å². The Balaban J connectivity index is 1.64. The Kier molecular flexibility index (Phi) is 3.13. The fourth-order valence-electron chi connectivity index (χ4n) is 6.91. The largest absolute Gasteiger partial charge is 0.353 e. The maximum Gasteiger partial charge on any atom is 0.220 e. The van der Waals surface area contributed by atoms with E-state index in [1.807, 2.05) is 0 Å². The lowest BCUT2D eigenvalue weighted by Crippen LogP contribution is -2.61. The third-order valence-electron chi connectivity index (χ3n) is 8.25. The van der Waals surface area contributed by atoms with Crippen LogP contribution in [0.25, 0.3) is 0 Å². The maximum atomic E-state index is 11.8. The number of rotatable bonds is 0. The molecule has 1 heterocycles. The van der Waals surface area contributed by atoms with Crippen LogP contribution in [0.15, 0.2) is 0 Å². The summed E-state index contributed by atoms with van der Waals surface area (Å²) in [6, 6.07) is 3.01. The molecule has 22 heavy (non-hydrogen) atoms. The first-order valence-electron chi connectivity index (χ1n) is 9.18. The van der Waals surface area contributed by atoms with Gasteiger partial charge in [0, 0.05) is 12.5 Å². The van der Waals surface area contributed by atoms with Crippen LogP contribution in [0.1, 0.15) is 65.2 Å². The Bertz CT molecular complexity index is 538. The monoisotopic (exact) mass is 300 g/mol. The number of hydrogen-bond acceptors (Lipinski definition) is 2. The summed E-state index contributed by atoms with van der Waals surface area (Å²) in [4.78, 5) is 11.8. The highest BCUT2D eigenvalue weighted by Crippen LogP contribution is 2.65. The van der Waals surface area contributed by atoms with Crippen molar-refractivity contribution in [3.05, 3.63) is 0 Å². The maximum absolute atomic E-state index is 11.8. The molecule has 3 saturated carbocycles. The quantitative estimate of drug-likeness (QED) is 0.742. The van der Waals surface area contributed by atoms with E-state index in [1.165, 1.54) is 25.7 Å². The zero-order valence-electron chi connectivity index (χ0n) is 13.9. The average molecular weight is 300 g/mol. The molecular weight excluding hydrogens is 272 g/mol. The van der Waals surface area contributed by atoms with E-state index in [0.29, 0.717) is 17.9 Å². The molecule has 3 aliphatic carbocycles. The highest BCUT2D eigenvalue weighted by molar-refractivity contribution is 5.77. The minimum Gasteiger partial charge on any atom is -0.353 e. The lowest BCUT2D eigenvalue weighted by atomic mass is 9.47. The van der Waals surface area contributed by atoms with Crippen LogP contribution < -0.4 is 5.32 Å². The molecule has 3 heteroatoms. The number of nitrogens with zero attached hydrogens (tertiary/aromatic N) is 1. The second-order valence-electron chi connectivity index (χ2n) is 8.88. The molecule has 4 aliphatic rings. The van der Waals surface area contributed by atoms with Crippen molar-refractivity contribution in [3.63, 3.8) is 0 Å². The zero-order valence-corrected chi connectivity index (χ0v) is 13.9. The van der Waals surface area contributed by atoms with Gasteiger partial charge in [0.05, 0.1) is 12.0 Å². The van der Waals surface area contributed by atoms with E-state index >= 15 is 0 Å². The number of carbonyl (C=O) groups excluding carboxylic acids is 1. The summed E-state index contributed by atoms with van der Waals surface area (Å²) in [7, 11) is 0. The molecule has 1 saturated heterocycles. The van der Waals surface area contributed by atoms with Crippen LogP contribution in [0.5, 0.6) is 0 Å². The Morgan fingerprint density at radius 1 is 1.05 bits per heavy atom. The van der Waals surface area contributed by atoms with E-state index in [2.05, 4.69) is 25.2 Å². The Morgan fingerprint density at radius 3 is 2.59 bits per heavy atom. The van der Waals surface area contributed by atoms with E-state index in [4.69, 9.17) is 0 Å². The first kappa shape index (κ1) is 14.5. The summed E-state index contributed by atoms with van der Waals surface area (Å²) in [6.45, 7) is 4.83. The number of amides is 1. The lowest BCUT2D eigenvalue weighted by molar-refractivity contribution is -0.136. The molecule has 1 N–H and O–H groups in total. The van der Waals surface area contributed by atoms with Crippen LogP contribution in [-0.2, 0) is 4.79 Å². The zero-order chi connectivity index (χ0) is 15.5. The summed E-state index contributed by atoms with van der Waals surface area (Å²) < 4.78 is 0. The first-order valence-corrected chi connectivity index (χ1v) is 9.18. The molecule has 0 aromatic carbocycles. The molecule has 120 valence electrons. The van der Waals surface area contributed by atoms with Gasteiger partial charge in [-0.25, -0.2) is 0 Å². The van der Waals surface area contributed by atoms with Crippen LogP contribution in [0.2, 0.25) is 0 Å². The molecular formula is C19H28N2O. The van der Waals surface area contributed by atoms with Gasteiger partial charge >= 0.3 is 0 Å². The topological polar surface area (TPSA) is 52.9 Å². The fraction of sp³-hybridized carbons (Fsp3) is 0.895. The number of fused-ring (bicyclic) bond motifs is 5. The molecule has 0 radical (unpaired) electrons. The fourth-order valence-corrected chi connectivity index (χ4v) is 6.91. The van der Waals surface area contributed by atoms with E-state index in [1.54, 1.807) is 0 Å². The molecule has 1 aliphatic heterocycles. The van der Waals surface area contributed by atoms with Crippen molar-refractivity contribution in [1.82, 2.24) is 5.32 Å². The third-order valence-corrected chi connectivity index (χ3v) is 8.25. The van der Waals surface area contributed by atoms with Gasteiger partial charge in [-0.2, -0.15) is 5.26 Å². The predicted octanol–water partition coefficient (Wildman–Crippen LogP) is 3.65. The standard InChI is InChI=1S/C19H28N2O/c1-18-9-7-15-13(14(18)5-3-12(18)11-20)4-6-16-19(15,2)10-8-17(22)21-16/h12-16H,3-10H2,1-2H3,(H,21,22)/t12?,13-,14-,15+,16?,18+,19+/m0/s1. The second-order valence-corrected chi connectivity index (χ2v) is 8.88. The number of nitrogens with one attached hydrogen (secondary N) is 1. The average Bonchev–Trinajstić information content (AvgIpc) is 2.84. The van der Waals surface area contributed by atoms with Gasteiger partial charge in [-0.05, 0) is 73.5 Å². The summed E-state index contributed by atoms with van der Waals surface area (Å²) >= 11 is 0. The molecule has 3 nitrogen and oxygen atoms in total. The van der Waals surface area contributed by atoms with Crippen LogP contribution >= 0.6 is 0 Å². The van der Waals surface area contributed by atoms with Crippen molar-refractivity contribution in [3.8, 4) is 6.07 Å². The minimum absolute atomic E-state index is 0.256. The second kappa shape index (κ2) is 4.73. The van der Waals surface area contributed by atoms with Gasteiger partial charge in [0.25, 0.3) is 0 Å². The number of nitriles is 1. The van der Waals surface area contributed by atoms with Gasteiger partial charge in [-0.15, -0.1) is 0 Å². The highest BCUT2D eigenvalue weighted by atomic mass is 16.1. The summed E-state index contributed by atoms with van der Waals surface area (Å²) in [6.07, 6.45) is 9.01. The van der Waals surface area contributed by atoms with Crippen molar-refractivity contribution >= 4 is 5.91 Å². The number of hydrogen-bond donors (Lipinski definition) is 1. The lowest BCUT2D eigenvalue weighted by Gasteiger charge is -2.59. The van der Waals surface area contributed by atoms with Gasteiger partial charge in [0.1, 0.15) is 0 Å². The highest BCUT2D eigenvalue weighted by Gasteiger charge is 2.60. The van der Waals surface area contributed by atoms with Crippen molar-refractivity contribution in [1.29, 1.82) is 5.26 Å². The Labute approximate surface area is 133 Å². The molecule has 4 rings (SSSR count). The van der Waals surface area contributed by atoms with E-state index in [-0.39, 0.29) is 17.2 Å². The molecule has 2 unspecified atom stereocenters. The number of piperidine rings is 1. The van der Waals surface area contributed by atoms with Gasteiger partial charge in [0.2, 0.25) is 5.91 Å². The third kappa shape index (κ3) is 1.76. The molecule has 7 atom stereocenters. The van der Waals surface area contributed by atoms with Gasteiger partial charge in [-0.1, -0.05) is 13.8 Å². The molecule has 1 amide bonds. The molecule has 0 aromatic heterocycles. The Hall–Kier alpha value is -1.04. The van der Waals surface area contributed by atoms with Crippen molar-refractivity contribution in [2.45, 2.75) is 71.3 Å². The predicted molar refractivity (Wildman–Crippen MR) is 84.7 cm³/mol. The van der Waals surface area contributed by atoms with Crippen LogP contribution in [0, 0.1) is 45.8 Å². The van der Waals surface area contributed by atoms with Gasteiger partial charge in [0.15, 0.2) is 0 Å². The van der Waals surface area contributed by atoms with E-state index in [9.17, 15) is 10.1 Å². The number of carbonyl (C=O) groups is 1. The van der Waals surface area contributed by atoms with Crippen molar-refractivity contribution < 1.29 is 4.79 Å². The summed E-state index contributed by atoms with van der Waals surface area (Å²) in [5.41, 5.74) is 0.555. The van der Waals surface area contributed by atoms with Crippen molar-refractivity contribution in [2.24, 2.45) is 34.5 Å². The molecule has 0 spiro atoms. The minimum atomic E-state index is 0.256. The van der Waals surface area contributed by atoms with Crippen LogP contribution in [0.3, 0.4) is 0 Å². The van der Waals surface area contributed by atoms with Gasteiger partial charge in [-0.3, -0.25) is 4.79 Å². The molecule has 0 bridgehead atoms. The van der Waals surface area contributed by atoms with Crippen molar-refractivity contribution in [2.75, 3.05) is 0 Å². The van der Waals surface area contributed by atoms with Crippen LogP contribution in [-0.4, -0.2) is 11.9 Å². The SMILES string of the molecule is C[C@]12CCC(=O)NC1CC[C@@H]1[C@H]2CC[C@]2(C)C(C#N)CC[C@@H]12. The molecule has 4 fully saturated rings. The van der Waals surface area contributed by atoms with Crippen LogP contribution in [0.4, 0.5) is 0 Å². The summed E-state index contributed by atoms with van der Waals surface area (Å²) in [5.74, 6) is 2.81. The van der Waals surface area contributed by atoms with Gasteiger partial charge < -0.3 is 5.32 Å². The normalized spacial score (nSPS) is 53.7. The van der Waals surface area contributed by atoms with E-state index in [0.717, 1.165) is 37.0 Å². The Morgan fingerprint density at radius 2 is 1.82 bits per heavy atom.